The van der Waals surface area contributed by atoms with Gasteiger partial charge >= 0.3 is 0 Å². The Morgan fingerprint density at radius 1 is 1.44 bits per heavy atom. The molecule has 0 spiro atoms. The summed E-state index contributed by atoms with van der Waals surface area (Å²) in [7, 11) is 0. The van der Waals surface area contributed by atoms with Crippen molar-refractivity contribution in [2.45, 2.75) is 13.8 Å². The molecule has 2 rings (SSSR count). The topological polar surface area (TPSA) is 49.6 Å². The maximum atomic E-state index is 9.19. The number of rotatable bonds is 4. The normalized spacial score (nSPS) is 11.9. The number of nitrogens with zero attached hydrogens (tertiary/aromatic N) is 2. The van der Waals surface area contributed by atoms with Gasteiger partial charge < -0.3 is 10.4 Å². The molecule has 0 aliphatic carbocycles. The first-order valence-electron chi connectivity index (χ1n) is 5.39. The predicted octanol–water partition coefficient (Wildman–Crippen LogP) is 1.76. The third-order valence-electron chi connectivity index (χ3n) is 2.60. The first kappa shape index (κ1) is 11.0. The largest absolute Gasteiger partial charge is 0.396 e. The van der Waals surface area contributed by atoms with E-state index in [4.69, 9.17) is 0 Å². The molecule has 0 aliphatic rings. The van der Waals surface area contributed by atoms with Gasteiger partial charge in [-0.2, -0.15) is 0 Å². The van der Waals surface area contributed by atoms with Crippen molar-refractivity contribution in [3.63, 3.8) is 0 Å². The maximum absolute atomic E-state index is 9.19. The molecule has 0 atom stereocenters. The quantitative estimate of drug-likeness (QED) is 0.824. The predicted molar refractivity (Wildman–Crippen MR) is 64.5 cm³/mol. The van der Waals surface area contributed by atoms with E-state index in [1.165, 1.54) is 0 Å². The fraction of sp³-hybridized carbons (Fsp3) is 0.417. The van der Waals surface area contributed by atoms with Gasteiger partial charge in [0.25, 0.3) is 0 Å². The number of hydrogen-bond donors (Lipinski definition) is 2. The van der Waals surface area contributed by atoms with Crippen LogP contribution in [0, 0.1) is 5.41 Å². The molecule has 0 amide bonds. The van der Waals surface area contributed by atoms with E-state index >= 15 is 0 Å². The fourth-order valence-corrected chi connectivity index (χ4v) is 1.48. The molecular weight excluding hydrogens is 202 g/mol. The molecule has 2 N–H and O–H groups in total. The van der Waals surface area contributed by atoms with E-state index in [0.717, 1.165) is 18.0 Å². The van der Waals surface area contributed by atoms with Crippen molar-refractivity contribution in [1.29, 1.82) is 0 Å². The molecule has 0 aromatic carbocycles. The minimum absolute atomic E-state index is 0.122. The molecule has 0 unspecified atom stereocenters. The summed E-state index contributed by atoms with van der Waals surface area (Å²) in [6.07, 6.45) is 3.70. The zero-order valence-corrected chi connectivity index (χ0v) is 9.64. The van der Waals surface area contributed by atoms with E-state index in [9.17, 15) is 5.11 Å². The molecule has 0 saturated heterocycles. The third kappa shape index (κ3) is 2.17. The van der Waals surface area contributed by atoms with Crippen LogP contribution < -0.4 is 5.32 Å². The standard InChI is InChI=1S/C12H17N3O/c1-12(2,9-16)8-14-11-5-3-4-10-13-6-7-15(10)11/h3-7,14,16H,8-9H2,1-2H3. The summed E-state index contributed by atoms with van der Waals surface area (Å²) >= 11 is 0. The highest BCUT2D eigenvalue weighted by atomic mass is 16.3. The summed E-state index contributed by atoms with van der Waals surface area (Å²) < 4.78 is 1.99. The Hall–Kier alpha value is -1.55. The van der Waals surface area contributed by atoms with Gasteiger partial charge in [0, 0.05) is 31.0 Å². The van der Waals surface area contributed by atoms with Crippen LogP contribution in [0.4, 0.5) is 5.82 Å². The molecule has 2 aromatic heterocycles. The zero-order valence-electron chi connectivity index (χ0n) is 9.64. The molecule has 0 bridgehead atoms. The number of anilines is 1. The molecule has 4 heteroatoms. The molecule has 0 fully saturated rings. The minimum atomic E-state index is -0.122. The van der Waals surface area contributed by atoms with Gasteiger partial charge in [0.05, 0.1) is 0 Å². The Bertz CT molecular complexity index is 476. The number of nitrogens with one attached hydrogen (secondary N) is 1. The summed E-state index contributed by atoms with van der Waals surface area (Å²) in [4.78, 5) is 4.22. The first-order chi connectivity index (χ1) is 7.62. The number of fused-ring (bicyclic) bond motifs is 1. The highest BCUT2D eigenvalue weighted by Gasteiger charge is 2.16. The second-order valence-corrected chi connectivity index (χ2v) is 4.74. The van der Waals surface area contributed by atoms with Gasteiger partial charge in [-0.3, -0.25) is 4.40 Å². The first-order valence-corrected chi connectivity index (χ1v) is 5.39. The lowest BCUT2D eigenvalue weighted by Crippen LogP contribution is -2.27. The number of aliphatic hydroxyl groups excluding tert-OH is 1. The van der Waals surface area contributed by atoms with Crippen LogP contribution in [-0.4, -0.2) is 27.6 Å². The lowest BCUT2D eigenvalue weighted by Gasteiger charge is -2.22. The third-order valence-corrected chi connectivity index (χ3v) is 2.60. The number of aliphatic hydroxyl groups is 1. The van der Waals surface area contributed by atoms with Gasteiger partial charge in [0.1, 0.15) is 11.5 Å². The molecule has 2 aromatic rings. The van der Waals surface area contributed by atoms with E-state index in [-0.39, 0.29) is 12.0 Å². The molecule has 4 nitrogen and oxygen atoms in total. The molecule has 0 saturated carbocycles. The van der Waals surface area contributed by atoms with Crippen LogP contribution in [0.3, 0.4) is 0 Å². The second-order valence-electron chi connectivity index (χ2n) is 4.74. The summed E-state index contributed by atoms with van der Waals surface area (Å²) in [5.74, 6) is 0.997. The minimum Gasteiger partial charge on any atom is -0.396 e. The number of aromatic nitrogens is 2. The highest BCUT2D eigenvalue weighted by molar-refractivity contribution is 5.49. The van der Waals surface area contributed by atoms with Crippen molar-refractivity contribution >= 4 is 11.5 Å². The molecule has 16 heavy (non-hydrogen) atoms. The Kier molecular flexibility index (Phi) is 2.83. The summed E-state index contributed by atoms with van der Waals surface area (Å²) in [6.45, 7) is 4.93. The van der Waals surface area contributed by atoms with Gasteiger partial charge in [-0.1, -0.05) is 19.9 Å². The molecule has 0 aliphatic heterocycles. The van der Waals surface area contributed by atoms with Crippen molar-refractivity contribution in [2.24, 2.45) is 5.41 Å². The summed E-state index contributed by atoms with van der Waals surface area (Å²) in [5, 5.41) is 12.5. The van der Waals surface area contributed by atoms with Crippen molar-refractivity contribution < 1.29 is 5.11 Å². The van der Waals surface area contributed by atoms with Crippen LogP contribution in [0.15, 0.2) is 30.6 Å². The van der Waals surface area contributed by atoms with Gasteiger partial charge in [-0.15, -0.1) is 0 Å². The average molecular weight is 219 g/mol. The lowest BCUT2D eigenvalue weighted by molar-refractivity contribution is 0.170. The average Bonchev–Trinajstić information content (AvgIpc) is 2.75. The Labute approximate surface area is 94.9 Å². The zero-order chi connectivity index (χ0) is 11.6. The van der Waals surface area contributed by atoms with Crippen LogP contribution in [-0.2, 0) is 0 Å². The van der Waals surface area contributed by atoms with E-state index in [0.29, 0.717) is 0 Å². The Balaban J connectivity index is 2.18. The number of imidazole rings is 1. The number of pyridine rings is 1. The smallest absolute Gasteiger partial charge is 0.138 e. The molecule has 2 heterocycles. The van der Waals surface area contributed by atoms with Crippen molar-refractivity contribution in [1.82, 2.24) is 9.38 Å². The van der Waals surface area contributed by atoms with Crippen LogP contribution in [0.2, 0.25) is 0 Å². The fourth-order valence-electron chi connectivity index (χ4n) is 1.48. The number of hydrogen-bond acceptors (Lipinski definition) is 3. The highest BCUT2D eigenvalue weighted by Crippen LogP contribution is 2.16. The Morgan fingerprint density at radius 2 is 2.25 bits per heavy atom. The summed E-state index contributed by atoms with van der Waals surface area (Å²) in [6, 6.07) is 5.93. The van der Waals surface area contributed by atoms with Gasteiger partial charge in [0.15, 0.2) is 0 Å². The Morgan fingerprint density at radius 3 is 3.00 bits per heavy atom. The SMILES string of the molecule is CC(C)(CO)CNc1cccc2nccn12. The molecule has 86 valence electrons. The van der Waals surface area contributed by atoms with E-state index in [1.807, 2.05) is 42.6 Å². The molecule has 0 radical (unpaired) electrons. The van der Waals surface area contributed by atoms with Crippen molar-refractivity contribution in [2.75, 3.05) is 18.5 Å². The summed E-state index contributed by atoms with van der Waals surface area (Å²) in [5.41, 5.74) is 0.801. The van der Waals surface area contributed by atoms with Crippen LogP contribution in [0.25, 0.3) is 5.65 Å². The van der Waals surface area contributed by atoms with E-state index in [1.54, 1.807) is 6.20 Å². The van der Waals surface area contributed by atoms with Crippen LogP contribution >= 0.6 is 0 Å². The maximum Gasteiger partial charge on any atom is 0.138 e. The van der Waals surface area contributed by atoms with Gasteiger partial charge in [-0.25, -0.2) is 4.98 Å². The van der Waals surface area contributed by atoms with Gasteiger partial charge in [-0.05, 0) is 12.1 Å². The van der Waals surface area contributed by atoms with E-state index in [2.05, 4.69) is 10.3 Å². The van der Waals surface area contributed by atoms with Crippen molar-refractivity contribution in [3.05, 3.63) is 30.6 Å². The van der Waals surface area contributed by atoms with Crippen molar-refractivity contribution in [3.8, 4) is 0 Å². The van der Waals surface area contributed by atoms with E-state index < -0.39 is 0 Å². The monoisotopic (exact) mass is 219 g/mol. The van der Waals surface area contributed by atoms with Gasteiger partial charge in [0.2, 0.25) is 0 Å². The van der Waals surface area contributed by atoms with Crippen LogP contribution in [0.5, 0.6) is 0 Å². The molecular formula is C12H17N3O. The van der Waals surface area contributed by atoms with Crippen LogP contribution in [0.1, 0.15) is 13.8 Å². The second kappa shape index (κ2) is 4.14. The lowest BCUT2D eigenvalue weighted by atomic mass is 9.95.